The summed E-state index contributed by atoms with van der Waals surface area (Å²) in [5, 5.41) is 10.3. The number of hydrogen-bond donors (Lipinski definition) is 1. The molecule has 0 aromatic heterocycles. The van der Waals surface area contributed by atoms with Gasteiger partial charge in [0.2, 0.25) is 12.2 Å². The second-order valence-electron chi connectivity index (χ2n) is 8.16. The second-order valence-corrected chi connectivity index (χ2v) is 8.16. The van der Waals surface area contributed by atoms with E-state index >= 15 is 0 Å². The summed E-state index contributed by atoms with van der Waals surface area (Å²) in [7, 11) is 1.53. The average molecular weight is 500 g/mol. The van der Waals surface area contributed by atoms with Gasteiger partial charge in [-0.05, 0) is 67.8 Å². The highest BCUT2D eigenvalue weighted by atomic mass is 16.3. The molecule has 0 atom stereocenters. The number of urea groups is 2. The molecule has 0 heterocycles. The lowest BCUT2D eigenvalue weighted by Gasteiger charge is -2.33. The number of aliphatic hydroxyl groups is 1. The number of para-hydroxylation sites is 1. The zero-order valence-corrected chi connectivity index (χ0v) is 20.8. The van der Waals surface area contributed by atoms with Crippen LogP contribution in [0.25, 0.3) is 0 Å². The third-order valence-electron chi connectivity index (χ3n) is 5.79. The number of amides is 4. The number of aliphatic hydroxyl groups excluding tert-OH is 1. The molecule has 10 nitrogen and oxygen atoms in total. The minimum Gasteiger partial charge on any atom is -0.376 e. The number of isocyanates is 2. The van der Waals surface area contributed by atoms with E-state index in [9.17, 15) is 24.3 Å². The van der Waals surface area contributed by atoms with Gasteiger partial charge in [-0.3, -0.25) is 9.80 Å². The van der Waals surface area contributed by atoms with Crippen molar-refractivity contribution in [3.8, 4) is 0 Å². The fourth-order valence-corrected chi connectivity index (χ4v) is 3.81. The van der Waals surface area contributed by atoms with E-state index in [1.54, 1.807) is 50.2 Å². The Hall–Kier alpha value is -4.88. The molecule has 0 spiro atoms. The van der Waals surface area contributed by atoms with Crippen LogP contribution in [0.2, 0.25) is 0 Å². The van der Waals surface area contributed by atoms with Crippen LogP contribution in [0.4, 0.5) is 38.0 Å². The molecule has 0 radical (unpaired) electrons. The van der Waals surface area contributed by atoms with E-state index in [0.717, 1.165) is 15.4 Å². The average Bonchev–Trinajstić information content (AvgIpc) is 2.88. The number of aryl methyl sites for hydroxylation is 3. The summed E-state index contributed by atoms with van der Waals surface area (Å²) in [4.78, 5) is 60.0. The lowest BCUT2D eigenvalue weighted by molar-refractivity contribution is 0.231. The summed E-state index contributed by atoms with van der Waals surface area (Å²) < 4.78 is 0. The molecule has 3 aromatic rings. The van der Waals surface area contributed by atoms with Crippen LogP contribution in [-0.2, 0) is 9.59 Å². The van der Waals surface area contributed by atoms with E-state index in [1.807, 2.05) is 19.1 Å². The quantitative estimate of drug-likeness (QED) is 0.284. The van der Waals surface area contributed by atoms with Gasteiger partial charge in [-0.15, -0.1) is 0 Å². The molecule has 1 N–H and O–H groups in total. The largest absolute Gasteiger partial charge is 0.376 e. The molecule has 0 bridgehead atoms. The molecule has 0 saturated carbocycles. The zero-order chi connectivity index (χ0) is 27.1. The first-order valence-electron chi connectivity index (χ1n) is 11.2. The molecule has 4 amide bonds. The number of anilines is 3. The predicted molar refractivity (Wildman–Crippen MR) is 140 cm³/mol. The van der Waals surface area contributed by atoms with E-state index < -0.39 is 18.8 Å². The molecule has 0 saturated heterocycles. The van der Waals surface area contributed by atoms with Gasteiger partial charge >= 0.3 is 12.1 Å². The van der Waals surface area contributed by atoms with E-state index in [1.165, 1.54) is 36.2 Å². The standard InChI is InChI=1S/C27H25N5O5/c1-18-7-5-6-8-23(18)30(4)26(36)32(25-14-22(29-16-34)12-10-20(25)3)27(37)31(17-35)24-13-21(28-15-33)11-9-19(24)2/h5-14,35H,17H2,1-4H3. The van der Waals surface area contributed by atoms with E-state index in [-0.39, 0.29) is 22.7 Å². The van der Waals surface area contributed by atoms with Crippen molar-refractivity contribution in [2.75, 3.05) is 28.5 Å². The number of hydrogen-bond acceptors (Lipinski definition) is 7. The lowest BCUT2D eigenvalue weighted by atomic mass is 10.1. The fraction of sp³-hybridized carbons (Fsp3) is 0.185. The van der Waals surface area contributed by atoms with Crippen LogP contribution >= 0.6 is 0 Å². The van der Waals surface area contributed by atoms with Gasteiger partial charge in [0, 0.05) is 12.7 Å². The number of carbonyl (C=O) groups is 2. The lowest BCUT2D eigenvalue weighted by Crippen LogP contribution is -2.52. The normalized spacial score (nSPS) is 10.1. The maximum absolute atomic E-state index is 14.0. The molecule has 0 aliphatic rings. The number of carbonyl (C=O) groups excluding carboxylic acids is 4. The van der Waals surface area contributed by atoms with Crippen LogP contribution in [0.5, 0.6) is 0 Å². The summed E-state index contributed by atoms with van der Waals surface area (Å²) >= 11 is 0. The topological polar surface area (TPSA) is 123 Å². The van der Waals surface area contributed by atoms with Crippen molar-refractivity contribution in [1.29, 1.82) is 0 Å². The molecule has 188 valence electrons. The number of nitrogens with zero attached hydrogens (tertiary/aromatic N) is 5. The summed E-state index contributed by atoms with van der Waals surface area (Å²) in [6, 6.07) is 14.8. The fourth-order valence-electron chi connectivity index (χ4n) is 3.81. The third-order valence-corrected chi connectivity index (χ3v) is 5.79. The smallest absolute Gasteiger partial charge is 0.339 e. The highest BCUT2D eigenvalue weighted by molar-refractivity contribution is 6.23. The minimum atomic E-state index is -0.876. The Morgan fingerprint density at radius 2 is 1.27 bits per heavy atom. The molecule has 0 aliphatic carbocycles. The first kappa shape index (κ1) is 26.7. The first-order chi connectivity index (χ1) is 17.7. The summed E-state index contributed by atoms with van der Waals surface area (Å²) in [5.41, 5.74) is 3.30. The van der Waals surface area contributed by atoms with Crippen molar-refractivity contribution in [2.24, 2.45) is 9.98 Å². The molecule has 0 aliphatic heterocycles. The van der Waals surface area contributed by atoms with Crippen molar-refractivity contribution in [3.05, 3.63) is 77.4 Å². The second kappa shape index (κ2) is 11.7. The van der Waals surface area contributed by atoms with Crippen LogP contribution in [0, 0.1) is 20.8 Å². The zero-order valence-electron chi connectivity index (χ0n) is 20.8. The van der Waals surface area contributed by atoms with Gasteiger partial charge in [-0.25, -0.2) is 24.1 Å². The van der Waals surface area contributed by atoms with Gasteiger partial charge in [-0.1, -0.05) is 30.3 Å². The Morgan fingerprint density at radius 3 is 1.81 bits per heavy atom. The molecular formula is C27H25N5O5. The highest BCUT2D eigenvalue weighted by Crippen LogP contribution is 2.32. The van der Waals surface area contributed by atoms with Gasteiger partial charge in [0.15, 0.2) is 0 Å². The van der Waals surface area contributed by atoms with Gasteiger partial charge in [0.05, 0.1) is 22.7 Å². The molecular weight excluding hydrogens is 474 g/mol. The van der Waals surface area contributed by atoms with Crippen molar-refractivity contribution in [3.63, 3.8) is 0 Å². The maximum atomic E-state index is 14.0. The number of imide groups is 1. The summed E-state index contributed by atoms with van der Waals surface area (Å²) in [5.74, 6) is 0. The molecule has 3 rings (SSSR count). The van der Waals surface area contributed by atoms with Gasteiger partial charge < -0.3 is 5.11 Å². The highest BCUT2D eigenvalue weighted by Gasteiger charge is 2.33. The van der Waals surface area contributed by atoms with Crippen molar-refractivity contribution >= 4 is 52.7 Å². The number of aliphatic imine (C=N–C) groups is 2. The Balaban J connectivity index is 2.21. The number of benzene rings is 3. The van der Waals surface area contributed by atoms with Crippen LogP contribution < -0.4 is 14.7 Å². The van der Waals surface area contributed by atoms with Crippen molar-refractivity contribution in [1.82, 2.24) is 0 Å². The van der Waals surface area contributed by atoms with Crippen LogP contribution in [0.15, 0.2) is 70.6 Å². The predicted octanol–water partition coefficient (Wildman–Crippen LogP) is 5.19. The Morgan fingerprint density at radius 1 is 0.757 bits per heavy atom. The van der Waals surface area contributed by atoms with E-state index in [4.69, 9.17) is 0 Å². The first-order valence-corrected chi connectivity index (χ1v) is 11.2. The van der Waals surface area contributed by atoms with Gasteiger partial charge in [0.25, 0.3) is 0 Å². The summed E-state index contributed by atoms with van der Waals surface area (Å²) in [6.45, 7) is 4.45. The Kier molecular flexibility index (Phi) is 8.45. The van der Waals surface area contributed by atoms with Gasteiger partial charge in [-0.2, -0.15) is 9.98 Å². The Bertz CT molecular complexity index is 1440. The van der Waals surface area contributed by atoms with Crippen molar-refractivity contribution < 1.29 is 24.3 Å². The van der Waals surface area contributed by atoms with Gasteiger partial charge in [0.1, 0.15) is 6.73 Å². The van der Waals surface area contributed by atoms with Crippen LogP contribution in [0.3, 0.4) is 0 Å². The van der Waals surface area contributed by atoms with E-state index in [0.29, 0.717) is 16.8 Å². The monoisotopic (exact) mass is 499 g/mol. The molecule has 3 aromatic carbocycles. The van der Waals surface area contributed by atoms with E-state index in [2.05, 4.69) is 9.98 Å². The Labute approximate surface area is 213 Å². The summed E-state index contributed by atoms with van der Waals surface area (Å²) in [6.07, 6.45) is 2.90. The minimum absolute atomic E-state index is 0.158. The molecule has 0 fully saturated rings. The third kappa shape index (κ3) is 5.69. The molecule has 0 unspecified atom stereocenters. The van der Waals surface area contributed by atoms with Crippen LogP contribution in [-0.4, -0.2) is 43.1 Å². The SMILES string of the molecule is Cc1ccccc1N(C)C(=O)N(C(=O)N(CO)c1cc(N=C=O)ccc1C)c1cc(N=C=O)ccc1C. The van der Waals surface area contributed by atoms with Crippen molar-refractivity contribution in [2.45, 2.75) is 20.8 Å². The molecule has 37 heavy (non-hydrogen) atoms. The van der Waals surface area contributed by atoms with Crippen LogP contribution in [0.1, 0.15) is 16.7 Å². The molecule has 10 heteroatoms. The number of rotatable bonds is 6. The maximum Gasteiger partial charge on any atom is 0.339 e.